The molecule has 0 amide bonds. The molecule has 0 aromatic carbocycles. The van der Waals surface area contributed by atoms with Gasteiger partial charge in [0.2, 0.25) is 0 Å². The van der Waals surface area contributed by atoms with Crippen molar-refractivity contribution < 1.29 is 18.3 Å². The van der Waals surface area contributed by atoms with Gasteiger partial charge in [-0.2, -0.15) is 5.26 Å². The Morgan fingerprint density at radius 1 is 1.63 bits per heavy atom. The number of halogens is 3. The zero-order chi connectivity index (χ0) is 14.4. The number of carbonyl (C=O) groups excluding carboxylic acids is 1. The van der Waals surface area contributed by atoms with Crippen LogP contribution in [-0.4, -0.2) is 17.6 Å². The lowest BCUT2D eigenvalue weighted by atomic mass is 10.1. The predicted molar refractivity (Wildman–Crippen MR) is 66.9 cm³/mol. The number of alkyl halides is 3. The number of nitrogens with zero attached hydrogens (tertiary/aromatic N) is 2. The number of hydrogen-bond donors (Lipinski definition) is 0. The molecule has 1 aromatic heterocycles. The molecular weight excluding hydrogens is 322 g/mol. The predicted octanol–water partition coefficient (Wildman–Crippen LogP) is 2.89. The molecule has 0 unspecified atom stereocenters. The van der Waals surface area contributed by atoms with Crippen molar-refractivity contribution >= 4 is 21.9 Å². The van der Waals surface area contributed by atoms with Crippen LogP contribution in [-0.2, 0) is 21.3 Å². The number of nitriles is 1. The first-order valence-corrected chi connectivity index (χ1v) is 6.58. The zero-order valence-electron chi connectivity index (χ0n) is 10.1. The molecule has 0 aliphatic rings. The van der Waals surface area contributed by atoms with Gasteiger partial charge in [0, 0.05) is 5.33 Å². The number of ether oxygens (including phenoxy) is 1. The lowest BCUT2D eigenvalue weighted by molar-refractivity contribution is -0.142. The molecule has 7 heteroatoms. The summed E-state index contributed by atoms with van der Waals surface area (Å²) < 4.78 is 30.3. The number of rotatable bonds is 5. The first kappa shape index (κ1) is 15.5. The molecule has 19 heavy (non-hydrogen) atoms. The SMILES string of the molecule is CCOC(=O)Cc1nc(C(F)F)c(C#N)cc1CBr. The van der Waals surface area contributed by atoms with Gasteiger partial charge in [-0.1, -0.05) is 15.9 Å². The van der Waals surface area contributed by atoms with Crippen molar-refractivity contribution in [1.82, 2.24) is 4.98 Å². The first-order chi connectivity index (χ1) is 9.03. The molecule has 0 aliphatic carbocycles. The molecule has 0 bridgehead atoms. The summed E-state index contributed by atoms with van der Waals surface area (Å²) in [6, 6.07) is 3.00. The van der Waals surface area contributed by atoms with E-state index in [9.17, 15) is 13.6 Å². The van der Waals surface area contributed by atoms with Crippen LogP contribution in [0.2, 0.25) is 0 Å². The van der Waals surface area contributed by atoms with Crippen molar-refractivity contribution in [1.29, 1.82) is 5.26 Å². The second-order valence-electron chi connectivity index (χ2n) is 3.55. The van der Waals surface area contributed by atoms with E-state index in [0.29, 0.717) is 10.9 Å². The standard InChI is InChI=1S/C12H11BrF2N2O2/c1-2-19-10(18)4-9-7(5-13)3-8(6-16)11(17-9)12(14)15/h3,12H,2,4-5H2,1H3. The maximum atomic E-state index is 12.8. The molecule has 0 spiro atoms. The van der Waals surface area contributed by atoms with Crippen LogP contribution in [0.15, 0.2) is 6.07 Å². The monoisotopic (exact) mass is 332 g/mol. The summed E-state index contributed by atoms with van der Waals surface area (Å²) >= 11 is 3.17. The molecule has 0 atom stereocenters. The average Bonchev–Trinajstić information content (AvgIpc) is 2.38. The van der Waals surface area contributed by atoms with E-state index in [1.165, 1.54) is 6.07 Å². The highest BCUT2D eigenvalue weighted by molar-refractivity contribution is 9.08. The summed E-state index contributed by atoms with van der Waals surface area (Å²) in [5.74, 6) is -0.540. The highest BCUT2D eigenvalue weighted by atomic mass is 79.9. The van der Waals surface area contributed by atoms with Crippen LogP contribution in [0.5, 0.6) is 0 Å². The largest absolute Gasteiger partial charge is 0.466 e. The van der Waals surface area contributed by atoms with Gasteiger partial charge < -0.3 is 4.74 Å². The van der Waals surface area contributed by atoms with Gasteiger partial charge >= 0.3 is 5.97 Å². The van der Waals surface area contributed by atoms with E-state index in [1.807, 2.05) is 0 Å². The smallest absolute Gasteiger partial charge is 0.311 e. The third-order valence-electron chi connectivity index (χ3n) is 2.31. The molecule has 1 rings (SSSR count). The van der Waals surface area contributed by atoms with Gasteiger partial charge in [-0.25, -0.2) is 13.8 Å². The molecule has 0 saturated heterocycles. The number of esters is 1. The second kappa shape index (κ2) is 7.14. The van der Waals surface area contributed by atoms with Crippen LogP contribution in [0, 0.1) is 11.3 Å². The maximum absolute atomic E-state index is 12.8. The van der Waals surface area contributed by atoms with Crippen LogP contribution in [0.3, 0.4) is 0 Å². The first-order valence-electron chi connectivity index (χ1n) is 5.46. The van der Waals surface area contributed by atoms with E-state index in [4.69, 9.17) is 10.00 Å². The Labute approximate surface area is 117 Å². The Morgan fingerprint density at radius 2 is 2.32 bits per heavy atom. The highest BCUT2D eigenvalue weighted by Crippen LogP contribution is 2.24. The Bertz CT molecular complexity index is 515. The van der Waals surface area contributed by atoms with Crippen LogP contribution >= 0.6 is 15.9 Å². The summed E-state index contributed by atoms with van der Waals surface area (Å²) in [7, 11) is 0. The van der Waals surface area contributed by atoms with Crippen molar-refractivity contribution in [3.05, 3.63) is 28.6 Å². The fourth-order valence-electron chi connectivity index (χ4n) is 1.48. The van der Waals surface area contributed by atoms with E-state index in [1.54, 1.807) is 13.0 Å². The number of pyridine rings is 1. The summed E-state index contributed by atoms with van der Waals surface area (Å²) in [5, 5.41) is 9.13. The molecule has 0 aliphatic heterocycles. The van der Waals surface area contributed by atoms with Crippen LogP contribution in [0.1, 0.15) is 35.9 Å². The Morgan fingerprint density at radius 3 is 2.79 bits per heavy atom. The van der Waals surface area contributed by atoms with Crippen LogP contribution < -0.4 is 0 Å². The van der Waals surface area contributed by atoms with Gasteiger partial charge in [-0.3, -0.25) is 4.79 Å². The van der Waals surface area contributed by atoms with E-state index in [-0.39, 0.29) is 24.3 Å². The molecule has 0 N–H and O–H groups in total. The molecule has 4 nitrogen and oxygen atoms in total. The Balaban J connectivity index is 3.19. The summed E-state index contributed by atoms with van der Waals surface area (Å²) in [5.41, 5.74) is -0.0674. The molecule has 1 heterocycles. The van der Waals surface area contributed by atoms with Crippen molar-refractivity contribution in [3.8, 4) is 6.07 Å². The lowest BCUT2D eigenvalue weighted by Crippen LogP contribution is -2.12. The zero-order valence-corrected chi connectivity index (χ0v) is 11.7. The molecule has 1 aromatic rings. The Kier molecular flexibility index (Phi) is 5.83. The van der Waals surface area contributed by atoms with E-state index < -0.39 is 18.1 Å². The molecule has 102 valence electrons. The maximum Gasteiger partial charge on any atom is 0.311 e. The number of hydrogen-bond acceptors (Lipinski definition) is 4. The number of carbonyl (C=O) groups is 1. The van der Waals surface area contributed by atoms with E-state index >= 15 is 0 Å². The summed E-state index contributed by atoms with van der Waals surface area (Å²) in [6.45, 7) is 1.86. The minimum atomic E-state index is -2.86. The third kappa shape index (κ3) is 3.96. The molecule has 0 saturated carbocycles. The summed E-state index contributed by atoms with van der Waals surface area (Å²) in [6.07, 6.45) is -3.06. The fraction of sp³-hybridized carbons (Fsp3) is 0.417. The van der Waals surface area contributed by atoms with Gasteiger partial charge in [-0.05, 0) is 18.6 Å². The fourth-order valence-corrected chi connectivity index (χ4v) is 1.97. The highest BCUT2D eigenvalue weighted by Gasteiger charge is 2.20. The molecule has 0 radical (unpaired) electrons. The van der Waals surface area contributed by atoms with Gasteiger partial charge in [0.1, 0.15) is 11.8 Å². The van der Waals surface area contributed by atoms with Gasteiger partial charge in [0.05, 0.1) is 24.3 Å². The normalized spacial score (nSPS) is 10.3. The topological polar surface area (TPSA) is 63.0 Å². The van der Waals surface area contributed by atoms with Crippen LogP contribution in [0.4, 0.5) is 8.78 Å². The van der Waals surface area contributed by atoms with Crippen molar-refractivity contribution in [2.24, 2.45) is 0 Å². The lowest BCUT2D eigenvalue weighted by Gasteiger charge is -2.10. The van der Waals surface area contributed by atoms with Gasteiger partial charge in [0.15, 0.2) is 0 Å². The number of aromatic nitrogens is 1. The van der Waals surface area contributed by atoms with Crippen LogP contribution in [0.25, 0.3) is 0 Å². The van der Waals surface area contributed by atoms with Crippen molar-refractivity contribution in [2.45, 2.75) is 25.1 Å². The third-order valence-corrected chi connectivity index (χ3v) is 2.91. The quantitative estimate of drug-likeness (QED) is 0.614. The second-order valence-corrected chi connectivity index (χ2v) is 4.12. The van der Waals surface area contributed by atoms with Gasteiger partial charge in [0.25, 0.3) is 6.43 Å². The molecule has 0 fully saturated rings. The molecular formula is C12H11BrF2N2O2. The minimum Gasteiger partial charge on any atom is -0.466 e. The Hall–Kier alpha value is -1.55. The minimum absolute atomic E-state index is 0.183. The average molecular weight is 333 g/mol. The van der Waals surface area contributed by atoms with Gasteiger partial charge in [-0.15, -0.1) is 0 Å². The summed E-state index contributed by atoms with van der Waals surface area (Å²) in [4.78, 5) is 15.1. The van der Waals surface area contributed by atoms with E-state index in [0.717, 1.165) is 0 Å². The van der Waals surface area contributed by atoms with E-state index in [2.05, 4.69) is 20.9 Å². The van der Waals surface area contributed by atoms with Crippen molar-refractivity contribution in [3.63, 3.8) is 0 Å². The van der Waals surface area contributed by atoms with Crippen molar-refractivity contribution in [2.75, 3.05) is 6.61 Å².